The highest BCUT2D eigenvalue weighted by atomic mass is 16.2. The third-order valence-corrected chi connectivity index (χ3v) is 3.00. The quantitative estimate of drug-likeness (QED) is 0.693. The minimum Gasteiger partial charge on any atom is -0.298 e. The number of hydrogen-bond acceptors (Lipinski definition) is 3. The molecule has 1 aliphatic heterocycles. The monoisotopic (exact) mass is 246 g/mol. The maximum absolute atomic E-state index is 12.2. The highest BCUT2D eigenvalue weighted by Gasteiger charge is 2.38. The van der Waals surface area contributed by atoms with Gasteiger partial charge < -0.3 is 0 Å². The number of fused-ring (bicyclic) bond motifs is 1. The summed E-state index contributed by atoms with van der Waals surface area (Å²) >= 11 is 0. The number of anilines is 2. The predicted octanol–water partition coefficient (Wildman–Crippen LogP) is 1.32. The van der Waals surface area contributed by atoms with Crippen molar-refractivity contribution in [1.82, 2.24) is 0 Å². The highest BCUT2D eigenvalue weighted by Crippen LogP contribution is 2.35. The predicted molar refractivity (Wildman–Crippen MR) is 67.2 cm³/mol. The average molecular weight is 246 g/mol. The van der Waals surface area contributed by atoms with Crippen LogP contribution in [0, 0.1) is 0 Å². The number of amides is 3. The Bertz CT molecular complexity index is 539. The molecule has 0 bridgehead atoms. The largest absolute Gasteiger partial charge is 0.298 e. The van der Waals surface area contributed by atoms with Crippen molar-refractivity contribution in [2.45, 2.75) is 26.8 Å². The molecule has 5 heteroatoms. The second kappa shape index (κ2) is 4.25. The molecule has 0 unspecified atom stereocenters. The standard InChI is InChI=1S/C13H14N2O3/c1-8-13(18)15(10(3)17)12-7-5-4-6-11(12)14(8)9(2)16/h4-8H,1-3H3/t8-/m0/s1. The molecule has 3 amide bonds. The van der Waals surface area contributed by atoms with Gasteiger partial charge in [0.1, 0.15) is 6.04 Å². The van der Waals surface area contributed by atoms with Gasteiger partial charge in [0.2, 0.25) is 11.8 Å². The van der Waals surface area contributed by atoms with Crippen molar-refractivity contribution in [3.63, 3.8) is 0 Å². The van der Waals surface area contributed by atoms with Crippen molar-refractivity contribution >= 4 is 29.1 Å². The third kappa shape index (κ3) is 1.68. The molecule has 1 heterocycles. The Morgan fingerprint density at radius 3 is 2.11 bits per heavy atom. The van der Waals surface area contributed by atoms with Crippen LogP contribution in [0.4, 0.5) is 11.4 Å². The number of carbonyl (C=O) groups excluding carboxylic acids is 3. The van der Waals surface area contributed by atoms with Crippen molar-refractivity contribution in [3.05, 3.63) is 24.3 Å². The van der Waals surface area contributed by atoms with Gasteiger partial charge in [-0.2, -0.15) is 0 Å². The lowest BCUT2D eigenvalue weighted by atomic mass is 10.1. The lowest BCUT2D eigenvalue weighted by Crippen LogP contribution is -2.55. The van der Waals surface area contributed by atoms with E-state index in [1.165, 1.54) is 18.7 Å². The van der Waals surface area contributed by atoms with E-state index in [0.29, 0.717) is 11.4 Å². The summed E-state index contributed by atoms with van der Waals surface area (Å²) in [4.78, 5) is 38.0. The molecule has 0 radical (unpaired) electrons. The van der Waals surface area contributed by atoms with Gasteiger partial charge in [-0.1, -0.05) is 12.1 Å². The molecule has 0 saturated heterocycles. The van der Waals surface area contributed by atoms with E-state index in [-0.39, 0.29) is 17.7 Å². The molecule has 0 aliphatic carbocycles. The molecule has 1 aliphatic rings. The molecular formula is C13H14N2O3. The average Bonchev–Trinajstić information content (AvgIpc) is 2.29. The molecule has 94 valence electrons. The van der Waals surface area contributed by atoms with Gasteiger partial charge in [0.25, 0.3) is 5.91 Å². The number of para-hydroxylation sites is 2. The van der Waals surface area contributed by atoms with Crippen molar-refractivity contribution < 1.29 is 14.4 Å². The Balaban J connectivity index is 2.66. The van der Waals surface area contributed by atoms with Crippen LogP contribution >= 0.6 is 0 Å². The van der Waals surface area contributed by atoms with Crippen LogP contribution in [0.1, 0.15) is 20.8 Å². The van der Waals surface area contributed by atoms with Crippen LogP contribution in [0.3, 0.4) is 0 Å². The van der Waals surface area contributed by atoms with E-state index >= 15 is 0 Å². The molecule has 0 fully saturated rings. The number of rotatable bonds is 0. The topological polar surface area (TPSA) is 57.7 Å². The minimum atomic E-state index is -0.665. The van der Waals surface area contributed by atoms with Crippen molar-refractivity contribution in [2.24, 2.45) is 0 Å². The summed E-state index contributed by atoms with van der Waals surface area (Å²) < 4.78 is 0. The Hall–Kier alpha value is -2.17. The van der Waals surface area contributed by atoms with E-state index in [9.17, 15) is 14.4 Å². The second-order valence-electron chi connectivity index (χ2n) is 4.25. The summed E-state index contributed by atoms with van der Waals surface area (Å²) in [6.07, 6.45) is 0. The normalized spacial score (nSPS) is 18.6. The lowest BCUT2D eigenvalue weighted by molar-refractivity contribution is -0.128. The van der Waals surface area contributed by atoms with Gasteiger partial charge in [-0.05, 0) is 19.1 Å². The van der Waals surface area contributed by atoms with Crippen molar-refractivity contribution in [3.8, 4) is 0 Å². The molecule has 1 aromatic carbocycles. The Morgan fingerprint density at radius 2 is 1.61 bits per heavy atom. The van der Waals surface area contributed by atoms with E-state index in [1.807, 2.05) is 0 Å². The zero-order chi connectivity index (χ0) is 13.4. The van der Waals surface area contributed by atoms with E-state index in [4.69, 9.17) is 0 Å². The van der Waals surface area contributed by atoms with E-state index in [1.54, 1.807) is 31.2 Å². The first-order valence-corrected chi connectivity index (χ1v) is 5.68. The summed E-state index contributed by atoms with van der Waals surface area (Å²) in [6.45, 7) is 4.37. The van der Waals surface area contributed by atoms with Crippen LogP contribution in [0.25, 0.3) is 0 Å². The third-order valence-electron chi connectivity index (χ3n) is 3.00. The summed E-state index contributed by atoms with van der Waals surface area (Å²) in [7, 11) is 0. The summed E-state index contributed by atoms with van der Waals surface area (Å²) in [6, 6.07) is 6.24. The van der Waals surface area contributed by atoms with Gasteiger partial charge >= 0.3 is 0 Å². The smallest absolute Gasteiger partial charge is 0.256 e. The van der Waals surface area contributed by atoms with Crippen LogP contribution in [0.5, 0.6) is 0 Å². The minimum absolute atomic E-state index is 0.216. The number of imide groups is 1. The van der Waals surface area contributed by atoms with Crippen LogP contribution in [0.15, 0.2) is 24.3 Å². The molecule has 0 saturated carbocycles. The fourth-order valence-electron chi connectivity index (χ4n) is 2.25. The first-order chi connectivity index (χ1) is 8.45. The van der Waals surface area contributed by atoms with E-state index in [2.05, 4.69) is 0 Å². The molecular weight excluding hydrogens is 232 g/mol. The van der Waals surface area contributed by atoms with Gasteiger partial charge in [-0.3, -0.25) is 19.3 Å². The molecule has 2 rings (SSSR count). The Labute approximate surface area is 105 Å². The number of carbonyl (C=O) groups is 3. The van der Waals surface area contributed by atoms with E-state index in [0.717, 1.165) is 4.90 Å². The van der Waals surface area contributed by atoms with Crippen LogP contribution in [0.2, 0.25) is 0 Å². The number of hydrogen-bond donors (Lipinski definition) is 0. The van der Waals surface area contributed by atoms with Gasteiger partial charge in [0.05, 0.1) is 11.4 Å². The molecule has 18 heavy (non-hydrogen) atoms. The van der Waals surface area contributed by atoms with Crippen molar-refractivity contribution in [1.29, 1.82) is 0 Å². The highest BCUT2D eigenvalue weighted by molar-refractivity contribution is 6.23. The summed E-state index contributed by atoms with van der Waals surface area (Å²) in [5, 5.41) is 0. The van der Waals surface area contributed by atoms with Crippen LogP contribution in [-0.2, 0) is 14.4 Å². The van der Waals surface area contributed by atoms with Gasteiger partial charge in [-0.15, -0.1) is 0 Å². The SMILES string of the molecule is CC(=O)N1C(=O)[C@H](C)N(C(C)=O)c2ccccc21. The molecule has 1 aromatic rings. The maximum Gasteiger partial charge on any atom is 0.256 e. The Morgan fingerprint density at radius 1 is 1.06 bits per heavy atom. The van der Waals surface area contributed by atoms with Crippen LogP contribution in [-0.4, -0.2) is 23.8 Å². The first-order valence-electron chi connectivity index (χ1n) is 5.68. The first kappa shape index (κ1) is 12.3. The molecule has 1 atom stereocenters. The lowest BCUT2D eigenvalue weighted by Gasteiger charge is -2.38. The maximum atomic E-state index is 12.2. The van der Waals surface area contributed by atoms with Gasteiger partial charge in [0, 0.05) is 13.8 Å². The molecule has 0 spiro atoms. The zero-order valence-electron chi connectivity index (χ0n) is 10.5. The number of nitrogens with zero attached hydrogens (tertiary/aromatic N) is 2. The van der Waals surface area contributed by atoms with Gasteiger partial charge in [-0.25, -0.2) is 4.90 Å². The summed E-state index contributed by atoms with van der Waals surface area (Å²) in [5.41, 5.74) is 1.05. The summed E-state index contributed by atoms with van der Waals surface area (Å²) in [5.74, 6) is -0.939. The molecule has 5 nitrogen and oxygen atoms in total. The molecule has 0 aromatic heterocycles. The Kier molecular flexibility index (Phi) is 2.90. The van der Waals surface area contributed by atoms with E-state index < -0.39 is 6.04 Å². The van der Waals surface area contributed by atoms with Gasteiger partial charge in [0.15, 0.2) is 0 Å². The van der Waals surface area contributed by atoms with Crippen molar-refractivity contribution in [2.75, 3.05) is 9.80 Å². The number of benzene rings is 1. The fraction of sp³-hybridized carbons (Fsp3) is 0.308. The molecule has 0 N–H and O–H groups in total. The fourth-order valence-corrected chi connectivity index (χ4v) is 2.25. The van der Waals surface area contributed by atoms with Crippen LogP contribution < -0.4 is 9.80 Å². The second-order valence-corrected chi connectivity index (χ2v) is 4.25. The zero-order valence-corrected chi connectivity index (χ0v) is 10.5.